The molecule has 8 heteroatoms. The van der Waals surface area contributed by atoms with Crippen LogP contribution in [0.1, 0.15) is 18.4 Å². The van der Waals surface area contributed by atoms with Crippen LogP contribution in [0.3, 0.4) is 0 Å². The molecule has 1 saturated heterocycles. The molecular formula is C21H23N3O5. The summed E-state index contributed by atoms with van der Waals surface area (Å²) in [6.45, 7) is 2.55. The van der Waals surface area contributed by atoms with Gasteiger partial charge in [-0.05, 0) is 43.2 Å². The van der Waals surface area contributed by atoms with E-state index in [2.05, 4.69) is 10.6 Å². The number of hydrogen-bond donors (Lipinski definition) is 2. The first-order chi connectivity index (χ1) is 13.9. The average molecular weight is 397 g/mol. The van der Waals surface area contributed by atoms with Crippen LogP contribution >= 0.6 is 0 Å². The number of benzene rings is 2. The van der Waals surface area contributed by atoms with Gasteiger partial charge in [0.2, 0.25) is 5.91 Å². The second-order valence-electron chi connectivity index (χ2n) is 6.62. The van der Waals surface area contributed by atoms with Crippen molar-refractivity contribution in [2.45, 2.75) is 19.8 Å². The maximum absolute atomic E-state index is 12.4. The molecule has 0 spiro atoms. The van der Waals surface area contributed by atoms with Crippen LogP contribution in [0.5, 0.6) is 11.5 Å². The molecule has 0 bridgehead atoms. The predicted molar refractivity (Wildman–Crippen MR) is 110 cm³/mol. The maximum Gasteiger partial charge on any atom is 0.314 e. The van der Waals surface area contributed by atoms with Crippen molar-refractivity contribution >= 4 is 34.8 Å². The van der Waals surface area contributed by atoms with Crippen LogP contribution in [0.25, 0.3) is 0 Å². The summed E-state index contributed by atoms with van der Waals surface area (Å²) in [5, 5.41) is 5.10. The number of amides is 3. The number of methoxy groups -OCH3 is 2. The Bertz CT molecular complexity index is 957. The Balaban J connectivity index is 1.72. The molecule has 2 aromatic rings. The van der Waals surface area contributed by atoms with Crippen LogP contribution in [-0.4, -0.2) is 38.5 Å². The van der Waals surface area contributed by atoms with E-state index in [1.165, 1.54) is 14.2 Å². The number of hydrogen-bond acceptors (Lipinski definition) is 5. The van der Waals surface area contributed by atoms with Crippen molar-refractivity contribution in [3.05, 3.63) is 42.0 Å². The molecule has 29 heavy (non-hydrogen) atoms. The van der Waals surface area contributed by atoms with Gasteiger partial charge in [-0.3, -0.25) is 14.4 Å². The molecule has 8 nitrogen and oxygen atoms in total. The van der Waals surface area contributed by atoms with Crippen molar-refractivity contribution in [3.63, 3.8) is 0 Å². The van der Waals surface area contributed by atoms with Gasteiger partial charge in [-0.2, -0.15) is 0 Å². The zero-order valence-electron chi connectivity index (χ0n) is 16.6. The normalized spacial score (nSPS) is 13.2. The summed E-state index contributed by atoms with van der Waals surface area (Å²) in [4.78, 5) is 38.4. The van der Waals surface area contributed by atoms with Crippen LogP contribution in [-0.2, 0) is 14.4 Å². The third-order valence-electron chi connectivity index (χ3n) is 4.69. The molecule has 0 aromatic heterocycles. The van der Waals surface area contributed by atoms with Crippen molar-refractivity contribution in [2.75, 3.05) is 36.3 Å². The molecule has 1 aliphatic heterocycles. The van der Waals surface area contributed by atoms with Gasteiger partial charge in [0.25, 0.3) is 0 Å². The topological polar surface area (TPSA) is 97.0 Å². The number of ether oxygens (including phenoxy) is 2. The van der Waals surface area contributed by atoms with Gasteiger partial charge < -0.3 is 25.0 Å². The standard InChI is InChI=1S/C21H23N3O5/c1-13-6-7-14(11-17(13)24-10-4-5-19(24)25)22-20(26)21(27)23-16-9-8-15(28-2)12-18(16)29-3/h6-9,11-12H,4-5,10H2,1-3H3,(H,22,26)(H,23,27). The third kappa shape index (κ3) is 4.48. The quantitative estimate of drug-likeness (QED) is 0.756. The highest BCUT2D eigenvalue weighted by molar-refractivity contribution is 6.43. The third-order valence-corrected chi connectivity index (χ3v) is 4.69. The summed E-state index contributed by atoms with van der Waals surface area (Å²) in [7, 11) is 2.98. The van der Waals surface area contributed by atoms with Gasteiger partial charge in [0, 0.05) is 30.4 Å². The lowest BCUT2D eigenvalue weighted by Gasteiger charge is -2.19. The molecule has 0 atom stereocenters. The highest BCUT2D eigenvalue weighted by Gasteiger charge is 2.24. The van der Waals surface area contributed by atoms with E-state index < -0.39 is 11.8 Å². The SMILES string of the molecule is COc1ccc(NC(=O)C(=O)Nc2ccc(C)c(N3CCCC3=O)c2)c(OC)c1. The Morgan fingerprint density at radius 3 is 2.41 bits per heavy atom. The van der Waals surface area contributed by atoms with E-state index in [1.807, 2.05) is 6.92 Å². The summed E-state index contributed by atoms with van der Waals surface area (Å²) in [6, 6.07) is 10.0. The molecule has 3 rings (SSSR count). The van der Waals surface area contributed by atoms with E-state index in [1.54, 1.807) is 41.3 Å². The molecule has 2 N–H and O–H groups in total. The largest absolute Gasteiger partial charge is 0.497 e. The lowest BCUT2D eigenvalue weighted by atomic mass is 10.1. The first-order valence-corrected chi connectivity index (χ1v) is 9.18. The fourth-order valence-electron chi connectivity index (χ4n) is 3.15. The van der Waals surface area contributed by atoms with Crippen molar-refractivity contribution in [1.29, 1.82) is 0 Å². The van der Waals surface area contributed by atoms with Crippen molar-refractivity contribution < 1.29 is 23.9 Å². The van der Waals surface area contributed by atoms with Gasteiger partial charge in [-0.15, -0.1) is 0 Å². The van der Waals surface area contributed by atoms with E-state index in [0.717, 1.165) is 17.7 Å². The van der Waals surface area contributed by atoms with Crippen LogP contribution in [0.2, 0.25) is 0 Å². The van der Waals surface area contributed by atoms with E-state index in [4.69, 9.17) is 9.47 Å². The molecule has 0 radical (unpaired) electrons. The number of carbonyl (C=O) groups is 3. The molecule has 1 aliphatic rings. The second-order valence-corrected chi connectivity index (χ2v) is 6.62. The fourth-order valence-corrected chi connectivity index (χ4v) is 3.15. The van der Waals surface area contributed by atoms with Crippen molar-refractivity contribution in [3.8, 4) is 11.5 Å². The summed E-state index contributed by atoms with van der Waals surface area (Å²) < 4.78 is 10.3. The Morgan fingerprint density at radius 1 is 1.00 bits per heavy atom. The average Bonchev–Trinajstić information content (AvgIpc) is 3.15. The van der Waals surface area contributed by atoms with E-state index >= 15 is 0 Å². The zero-order valence-corrected chi connectivity index (χ0v) is 16.6. The summed E-state index contributed by atoms with van der Waals surface area (Å²) in [6.07, 6.45) is 1.32. The number of aryl methyl sites for hydroxylation is 1. The minimum absolute atomic E-state index is 0.0564. The monoisotopic (exact) mass is 397 g/mol. The Hall–Kier alpha value is -3.55. The Kier molecular flexibility index (Phi) is 6.01. The first-order valence-electron chi connectivity index (χ1n) is 9.18. The molecule has 1 heterocycles. The summed E-state index contributed by atoms with van der Waals surface area (Å²) in [5.74, 6) is -0.678. The second kappa shape index (κ2) is 8.64. The molecule has 3 amide bonds. The zero-order chi connectivity index (χ0) is 21.0. The summed E-state index contributed by atoms with van der Waals surface area (Å²) >= 11 is 0. The van der Waals surface area contributed by atoms with Gasteiger partial charge in [0.05, 0.1) is 19.9 Å². The van der Waals surface area contributed by atoms with Crippen molar-refractivity contribution in [2.24, 2.45) is 0 Å². The van der Waals surface area contributed by atoms with Crippen LogP contribution in [0.4, 0.5) is 17.1 Å². The number of carbonyl (C=O) groups excluding carboxylic acids is 3. The molecule has 0 aliphatic carbocycles. The van der Waals surface area contributed by atoms with Crippen LogP contribution < -0.4 is 25.0 Å². The van der Waals surface area contributed by atoms with E-state index in [0.29, 0.717) is 35.8 Å². The highest BCUT2D eigenvalue weighted by atomic mass is 16.5. The molecule has 1 fully saturated rings. The maximum atomic E-state index is 12.4. The number of nitrogens with zero attached hydrogens (tertiary/aromatic N) is 1. The summed E-state index contributed by atoms with van der Waals surface area (Å²) in [5.41, 5.74) is 2.45. The molecule has 0 saturated carbocycles. The van der Waals surface area contributed by atoms with Gasteiger partial charge in [0.1, 0.15) is 11.5 Å². The molecule has 0 unspecified atom stereocenters. The predicted octanol–water partition coefficient (Wildman–Crippen LogP) is 2.72. The molecule has 152 valence electrons. The minimum atomic E-state index is -0.840. The van der Waals surface area contributed by atoms with Gasteiger partial charge in [-0.1, -0.05) is 6.07 Å². The molecule has 2 aromatic carbocycles. The first kappa shape index (κ1) is 20.2. The van der Waals surface area contributed by atoms with Gasteiger partial charge in [-0.25, -0.2) is 0 Å². The van der Waals surface area contributed by atoms with Crippen LogP contribution in [0, 0.1) is 6.92 Å². The molecular weight excluding hydrogens is 374 g/mol. The highest BCUT2D eigenvalue weighted by Crippen LogP contribution is 2.30. The van der Waals surface area contributed by atoms with Gasteiger partial charge in [0.15, 0.2) is 0 Å². The lowest BCUT2D eigenvalue weighted by molar-refractivity contribution is -0.133. The van der Waals surface area contributed by atoms with E-state index in [9.17, 15) is 14.4 Å². The Morgan fingerprint density at radius 2 is 1.76 bits per heavy atom. The smallest absolute Gasteiger partial charge is 0.314 e. The number of rotatable bonds is 5. The van der Waals surface area contributed by atoms with Gasteiger partial charge >= 0.3 is 11.8 Å². The van der Waals surface area contributed by atoms with Crippen molar-refractivity contribution in [1.82, 2.24) is 0 Å². The number of anilines is 3. The number of nitrogens with one attached hydrogen (secondary N) is 2. The lowest BCUT2D eigenvalue weighted by Crippen LogP contribution is -2.29. The van der Waals surface area contributed by atoms with E-state index in [-0.39, 0.29) is 5.91 Å². The van der Waals surface area contributed by atoms with Crippen LogP contribution in [0.15, 0.2) is 36.4 Å². The fraction of sp³-hybridized carbons (Fsp3) is 0.286. The minimum Gasteiger partial charge on any atom is -0.497 e. The Labute approximate surface area is 168 Å².